The highest BCUT2D eigenvalue weighted by Crippen LogP contribution is 2.68. The fourth-order valence-corrected chi connectivity index (χ4v) is 8.75. The Bertz CT molecular complexity index is 1650. The van der Waals surface area contributed by atoms with Crippen LogP contribution in [-0.4, -0.2) is 58.0 Å². The molecule has 242 valence electrons. The van der Waals surface area contributed by atoms with E-state index in [4.69, 9.17) is 18.6 Å². The van der Waals surface area contributed by atoms with Gasteiger partial charge in [-0.2, -0.15) is 0 Å². The van der Waals surface area contributed by atoms with Crippen LogP contribution in [0.1, 0.15) is 78.5 Å². The lowest BCUT2D eigenvalue weighted by molar-refractivity contribution is -0.328. The Kier molecular flexibility index (Phi) is 7.83. The van der Waals surface area contributed by atoms with Crippen molar-refractivity contribution in [1.29, 1.82) is 0 Å². The standard InChI is InChI=1S/C36H38O10/c1-20-24-16-18-43-26(24)19-25-28(20)29(44-21(2)37)30(46-32(39)23-13-9-6-10-14-23)36(42)34(25,3)17-15-27(35(36,4)33(40)41)45-31(38)22-11-7-5-8-12-22/h5-14,16,18,20,25,27-30,42H,15,17,19H2,1-4H3,(H,40,41)/t20-,25-,27-,28-,29+,30+,34+,35+,36-/m0/s1. The Hall–Kier alpha value is -4.44. The second-order valence-corrected chi connectivity index (χ2v) is 13.2. The van der Waals surface area contributed by atoms with Gasteiger partial charge in [0, 0.05) is 24.7 Å². The van der Waals surface area contributed by atoms with Crippen molar-refractivity contribution < 1.29 is 48.0 Å². The van der Waals surface area contributed by atoms with Crippen LogP contribution in [0, 0.1) is 22.7 Å². The summed E-state index contributed by atoms with van der Waals surface area (Å²) in [6.07, 6.45) is -1.97. The number of esters is 3. The number of carboxylic acids is 1. The minimum atomic E-state index is -2.40. The SMILES string of the molecule is CC(=O)O[C@@H]1[C@H]2[C@@H](C)c3ccoc3C[C@@H]2[C@@]2(C)CC[C@H](OC(=O)c3ccccc3)[C@](C)(C(=O)O)[C@]2(O)[C@@H]1OC(=O)c1ccccc1. The summed E-state index contributed by atoms with van der Waals surface area (Å²) in [7, 11) is 0. The number of aliphatic hydroxyl groups is 1. The predicted octanol–water partition coefficient (Wildman–Crippen LogP) is 5.19. The Labute approximate surface area is 266 Å². The van der Waals surface area contributed by atoms with Crippen LogP contribution in [0.3, 0.4) is 0 Å². The van der Waals surface area contributed by atoms with Crippen LogP contribution in [0.5, 0.6) is 0 Å². The highest BCUT2D eigenvalue weighted by Gasteiger charge is 2.79. The molecule has 0 unspecified atom stereocenters. The van der Waals surface area contributed by atoms with E-state index in [2.05, 4.69) is 0 Å². The molecule has 10 nitrogen and oxygen atoms in total. The zero-order valence-electron chi connectivity index (χ0n) is 26.2. The zero-order chi connectivity index (χ0) is 33.0. The van der Waals surface area contributed by atoms with Crippen molar-refractivity contribution in [3.05, 3.63) is 95.4 Å². The summed E-state index contributed by atoms with van der Waals surface area (Å²) in [6.45, 7) is 6.32. The zero-order valence-corrected chi connectivity index (χ0v) is 26.2. The molecule has 1 heterocycles. The maximum absolute atomic E-state index is 13.8. The van der Waals surface area contributed by atoms with Crippen LogP contribution in [0.4, 0.5) is 0 Å². The molecule has 2 aromatic carbocycles. The molecular formula is C36H38O10. The maximum Gasteiger partial charge on any atom is 0.338 e. The molecule has 0 amide bonds. The molecule has 0 bridgehead atoms. The van der Waals surface area contributed by atoms with Gasteiger partial charge >= 0.3 is 23.9 Å². The number of furan rings is 1. The lowest BCUT2D eigenvalue weighted by Crippen LogP contribution is -2.81. The van der Waals surface area contributed by atoms with Crippen LogP contribution in [0.25, 0.3) is 0 Å². The van der Waals surface area contributed by atoms with E-state index >= 15 is 0 Å². The highest BCUT2D eigenvalue weighted by molar-refractivity contribution is 5.91. The van der Waals surface area contributed by atoms with E-state index in [9.17, 15) is 29.4 Å². The molecule has 0 spiro atoms. The van der Waals surface area contributed by atoms with E-state index < -0.39 is 70.5 Å². The van der Waals surface area contributed by atoms with Crippen LogP contribution >= 0.6 is 0 Å². The summed E-state index contributed by atoms with van der Waals surface area (Å²) in [4.78, 5) is 53.5. The molecule has 0 radical (unpaired) electrons. The molecule has 0 saturated heterocycles. The molecule has 46 heavy (non-hydrogen) atoms. The molecule has 1 aromatic heterocycles. The second-order valence-electron chi connectivity index (χ2n) is 13.2. The van der Waals surface area contributed by atoms with E-state index in [0.717, 1.165) is 5.56 Å². The van der Waals surface area contributed by atoms with Crippen LogP contribution in [0.15, 0.2) is 77.4 Å². The van der Waals surface area contributed by atoms with E-state index in [1.807, 2.05) is 13.0 Å². The number of carbonyl (C=O) groups is 4. The minimum absolute atomic E-state index is 0.111. The van der Waals surface area contributed by atoms with Crippen molar-refractivity contribution in [3.8, 4) is 0 Å². The molecule has 6 rings (SSSR count). The van der Waals surface area contributed by atoms with Gasteiger partial charge in [0.05, 0.1) is 17.4 Å². The number of hydrogen-bond acceptors (Lipinski definition) is 9. The quantitative estimate of drug-likeness (QED) is 0.275. The molecule has 3 aliphatic rings. The van der Waals surface area contributed by atoms with Crippen LogP contribution in [0.2, 0.25) is 0 Å². The topological polar surface area (TPSA) is 150 Å². The lowest BCUT2D eigenvalue weighted by atomic mass is 9.39. The lowest BCUT2D eigenvalue weighted by Gasteiger charge is -2.68. The Morgan fingerprint density at radius 3 is 2.02 bits per heavy atom. The number of benzene rings is 2. The van der Waals surface area contributed by atoms with Gasteiger partial charge in [0.15, 0.2) is 6.10 Å². The van der Waals surface area contributed by atoms with Crippen molar-refractivity contribution in [1.82, 2.24) is 0 Å². The van der Waals surface area contributed by atoms with Crippen LogP contribution < -0.4 is 0 Å². The van der Waals surface area contributed by atoms with E-state index in [-0.39, 0.29) is 29.9 Å². The number of carbonyl (C=O) groups excluding carboxylic acids is 3. The third kappa shape index (κ3) is 4.56. The maximum atomic E-state index is 13.8. The number of fused-ring (bicyclic) bond motifs is 4. The van der Waals surface area contributed by atoms with Gasteiger partial charge in [-0.3, -0.25) is 9.59 Å². The van der Waals surface area contributed by atoms with Crippen molar-refractivity contribution in [2.75, 3.05) is 0 Å². The van der Waals surface area contributed by atoms with Crippen molar-refractivity contribution >= 4 is 23.9 Å². The highest BCUT2D eigenvalue weighted by atomic mass is 16.6. The van der Waals surface area contributed by atoms with Gasteiger partial charge in [-0.05, 0) is 67.5 Å². The Morgan fingerprint density at radius 2 is 1.46 bits per heavy atom. The number of carboxylic acid groups (broad SMARTS) is 1. The number of rotatable bonds is 6. The molecule has 2 fully saturated rings. The average Bonchev–Trinajstić information content (AvgIpc) is 3.52. The van der Waals surface area contributed by atoms with Gasteiger partial charge in [0.1, 0.15) is 29.0 Å². The van der Waals surface area contributed by atoms with Gasteiger partial charge < -0.3 is 28.8 Å². The Morgan fingerprint density at radius 1 is 0.870 bits per heavy atom. The minimum Gasteiger partial charge on any atom is -0.481 e. The molecule has 2 N–H and O–H groups in total. The first kappa shape index (κ1) is 31.5. The molecule has 10 heteroatoms. The van der Waals surface area contributed by atoms with E-state index in [0.29, 0.717) is 12.2 Å². The van der Waals surface area contributed by atoms with Crippen LogP contribution in [-0.2, 0) is 30.2 Å². The largest absolute Gasteiger partial charge is 0.481 e. The number of ether oxygens (including phenoxy) is 3. The van der Waals surface area contributed by atoms with Gasteiger partial charge in [-0.25, -0.2) is 9.59 Å². The Balaban J connectivity index is 1.55. The molecule has 2 saturated carbocycles. The first-order valence-corrected chi connectivity index (χ1v) is 15.6. The molecule has 3 aliphatic carbocycles. The van der Waals surface area contributed by atoms with E-state index in [1.165, 1.54) is 13.8 Å². The number of hydrogen-bond donors (Lipinski definition) is 2. The first-order chi connectivity index (χ1) is 21.8. The third-order valence-electron chi connectivity index (χ3n) is 11.1. The summed E-state index contributed by atoms with van der Waals surface area (Å²) < 4.78 is 24.0. The monoisotopic (exact) mass is 630 g/mol. The summed E-state index contributed by atoms with van der Waals surface area (Å²) in [5, 5.41) is 24.4. The third-order valence-corrected chi connectivity index (χ3v) is 11.1. The van der Waals surface area contributed by atoms with E-state index in [1.54, 1.807) is 73.9 Å². The smallest absolute Gasteiger partial charge is 0.338 e. The van der Waals surface area contributed by atoms with Gasteiger partial charge in [-0.15, -0.1) is 0 Å². The summed E-state index contributed by atoms with van der Waals surface area (Å²) in [5.74, 6) is -4.20. The molecule has 3 aromatic rings. The first-order valence-electron chi connectivity index (χ1n) is 15.6. The van der Waals surface area contributed by atoms with Crippen molar-refractivity contribution in [2.24, 2.45) is 22.7 Å². The average molecular weight is 631 g/mol. The fourth-order valence-electron chi connectivity index (χ4n) is 8.75. The summed E-state index contributed by atoms with van der Waals surface area (Å²) in [5.41, 5.74) is -4.56. The van der Waals surface area contributed by atoms with Gasteiger partial charge in [0.25, 0.3) is 0 Å². The van der Waals surface area contributed by atoms with Crippen molar-refractivity contribution in [2.45, 2.75) is 76.8 Å². The van der Waals surface area contributed by atoms with Gasteiger partial charge in [0.2, 0.25) is 0 Å². The molecular weight excluding hydrogens is 592 g/mol. The van der Waals surface area contributed by atoms with Gasteiger partial charge in [-0.1, -0.05) is 50.2 Å². The normalized spacial score (nSPS) is 34.6. The molecule has 9 atom stereocenters. The van der Waals surface area contributed by atoms with Crippen molar-refractivity contribution in [3.63, 3.8) is 0 Å². The molecule has 0 aliphatic heterocycles. The summed E-state index contributed by atoms with van der Waals surface area (Å²) >= 11 is 0. The second kappa shape index (κ2) is 11.4. The fraction of sp³-hybridized carbons (Fsp3) is 0.444. The predicted molar refractivity (Wildman–Crippen MR) is 163 cm³/mol. The number of aliphatic carboxylic acids is 1. The summed E-state index contributed by atoms with van der Waals surface area (Å²) in [6, 6.07) is 18.2.